The normalized spacial score (nSPS) is 11.6. The molecule has 0 atom stereocenters. The van der Waals surface area contributed by atoms with Crippen LogP contribution >= 0.6 is 11.6 Å². The van der Waals surface area contributed by atoms with Gasteiger partial charge in [-0.3, -0.25) is 18.9 Å². The van der Waals surface area contributed by atoms with E-state index in [1.165, 1.54) is 12.1 Å². The van der Waals surface area contributed by atoms with E-state index in [1.54, 1.807) is 36.7 Å². The molecule has 2 aromatic carbocycles. The zero-order chi connectivity index (χ0) is 26.5. The molecular weight excluding hydrogens is 521 g/mol. The van der Waals surface area contributed by atoms with Crippen molar-refractivity contribution in [2.45, 2.75) is 12.7 Å². The molecule has 0 aliphatic heterocycles. The van der Waals surface area contributed by atoms with Crippen molar-refractivity contribution < 1.29 is 31.2 Å². The Balaban J connectivity index is 1.81. The molecule has 0 fully saturated rings. The standard InChI is InChI=1S/C23H20ClF3N4O4S/c1-36(34,35)31(20-11-16(23(25,26)27)8-9-18(20)24)14-21(32)30-19-7-3-2-6-17(19)22(33)29-13-15-5-4-10-28-12-15/h2-12H,13-14H2,1H3,(H,29,33)(H,30,32). The van der Waals surface area contributed by atoms with Crippen LogP contribution in [0.1, 0.15) is 21.5 Å². The lowest BCUT2D eigenvalue weighted by molar-refractivity contribution is -0.137. The van der Waals surface area contributed by atoms with Crippen molar-refractivity contribution in [2.24, 2.45) is 0 Å². The van der Waals surface area contributed by atoms with Gasteiger partial charge in [-0.2, -0.15) is 13.2 Å². The van der Waals surface area contributed by atoms with Gasteiger partial charge >= 0.3 is 6.18 Å². The highest BCUT2D eigenvalue weighted by atomic mass is 35.5. The predicted octanol–water partition coefficient (Wildman–Crippen LogP) is 4.09. The minimum absolute atomic E-state index is 0.0785. The second-order valence-electron chi connectivity index (χ2n) is 7.57. The van der Waals surface area contributed by atoms with E-state index in [-0.39, 0.29) is 22.8 Å². The van der Waals surface area contributed by atoms with Crippen LogP contribution in [0, 0.1) is 0 Å². The van der Waals surface area contributed by atoms with E-state index in [0.717, 1.165) is 17.9 Å². The molecule has 2 N–H and O–H groups in total. The number of hydrogen-bond acceptors (Lipinski definition) is 5. The van der Waals surface area contributed by atoms with Gasteiger partial charge in [-0.25, -0.2) is 8.42 Å². The first kappa shape index (κ1) is 27.0. The minimum Gasteiger partial charge on any atom is -0.348 e. The molecule has 0 saturated carbocycles. The smallest absolute Gasteiger partial charge is 0.348 e. The van der Waals surface area contributed by atoms with Crippen molar-refractivity contribution >= 4 is 44.8 Å². The number of rotatable bonds is 8. The first-order chi connectivity index (χ1) is 16.9. The van der Waals surface area contributed by atoms with Crippen LogP contribution in [-0.4, -0.2) is 38.0 Å². The Morgan fingerprint density at radius 3 is 2.44 bits per heavy atom. The monoisotopic (exact) mass is 540 g/mol. The number of hydrogen-bond donors (Lipinski definition) is 2. The number of anilines is 2. The number of benzene rings is 2. The van der Waals surface area contributed by atoms with Gasteiger partial charge in [0.25, 0.3) is 5.91 Å². The van der Waals surface area contributed by atoms with Gasteiger partial charge in [-0.15, -0.1) is 0 Å². The third-order valence-electron chi connectivity index (χ3n) is 4.85. The highest BCUT2D eigenvalue weighted by Crippen LogP contribution is 2.36. The second kappa shape index (κ2) is 11.0. The zero-order valence-corrected chi connectivity index (χ0v) is 20.3. The molecule has 0 radical (unpaired) electrons. The molecule has 0 spiro atoms. The Morgan fingerprint density at radius 1 is 1.08 bits per heavy atom. The molecule has 0 bridgehead atoms. The van der Waals surface area contributed by atoms with Crippen molar-refractivity contribution in [1.29, 1.82) is 0 Å². The number of nitrogens with one attached hydrogen (secondary N) is 2. The molecule has 1 heterocycles. The highest BCUT2D eigenvalue weighted by Gasteiger charge is 2.33. The maximum atomic E-state index is 13.2. The Kier molecular flexibility index (Phi) is 8.21. The number of halogens is 4. The number of carbonyl (C=O) groups is 2. The Labute approximate surface area is 210 Å². The van der Waals surface area contributed by atoms with E-state index in [4.69, 9.17) is 11.6 Å². The summed E-state index contributed by atoms with van der Waals surface area (Å²) in [6, 6.07) is 11.6. The van der Waals surface area contributed by atoms with E-state index >= 15 is 0 Å². The first-order valence-electron chi connectivity index (χ1n) is 10.3. The molecule has 13 heteroatoms. The lowest BCUT2D eigenvalue weighted by Gasteiger charge is -2.24. The number of alkyl halides is 3. The molecule has 0 aliphatic rings. The molecule has 0 saturated heterocycles. The van der Waals surface area contributed by atoms with Crippen LogP contribution in [0.5, 0.6) is 0 Å². The number of carbonyl (C=O) groups excluding carboxylic acids is 2. The van der Waals surface area contributed by atoms with Crippen molar-refractivity contribution in [3.8, 4) is 0 Å². The van der Waals surface area contributed by atoms with E-state index in [2.05, 4.69) is 15.6 Å². The topological polar surface area (TPSA) is 108 Å². The molecular formula is C23H20ClF3N4O4S. The summed E-state index contributed by atoms with van der Waals surface area (Å²) in [5, 5.41) is 4.83. The molecule has 190 valence electrons. The van der Waals surface area contributed by atoms with Crippen molar-refractivity contribution in [3.63, 3.8) is 0 Å². The summed E-state index contributed by atoms with van der Waals surface area (Å²) < 4.78 is 64.7. The third-order valence-corrected chi connectivity index (χ3v) is 6.30. The van der Waals surface area contributed by atoms with E-state index < -0.39 is 45.8 Å². The molecule has 1 aromatic heterocycles. The predicted molar refractivity (Wildman–Crippen MR) is 129 cm³/mol. The van der Waals surface area contributed by atoms with Gasteiger partial charge in [-0.1, -0.05) is 29.8 Å². The number of sulfonamides is 1. The van der Waals surface area contributed by atoms with Crippen LogP contribution < -0.4 is 14.9 Å². The van der Waals surface area contributed by atoms with Gasteiger partial charge in [0.15, 0.2) is 0 Å². The maximum Gasteiger partial charge on any atom is 0.416 e. The van der Waals surface area contributed by atoms with Crippen molar-refractivity contribution in [3.05, 3.63) is 88.7 Å². The van der Waals surface area contributed by atoms with Gasteiger partial charge in [0.2, 0.25) is 15.9 Å². The molecule has 3 rings (SSSR count). The van der Waals surface area contributed by atoms with Gasteiger partial charge in [-0.05, 0) is 42.0 Å². The Hall–Kier alpha value is -3.64. The van der Waals surface area contributed by atoms with E-state index in [0.29, 0.717) is 16.4 Å². The van der Waals surface area contributed by atoms with Crippen LogP contribution in [0.3, 0.4) is 0 Å². The number of aromatic nitrogens is 1. The molecule has 2 amide bonds. The summed E-state index contributed by atoms with van der Waals surface area (Å²) in [7, 11) is -4.22. The minimum atomic E-state index is -4.76. The van der Waals surface area contributed by atoms with Crippen LogP contribution in [0.25, 0.3) is 0 Å². The lowest BCUT2D eigenvalue weighted by atomic mass is 10.1. The van der Waals surface area contributed by atoms with Crippen molar-refractivity contribution in [1.82, 2.24) is 10.3 Å². The molecule has 0 unspecified atom stereocenters. The Morgan fingerprint density at radius 2 is 1.81 bits per heavy atom. The number of pyridine rings is 1. The summed E-state index contributed by atoms with van der Waals surface area (Å²) in [6.45, 7) is -0.712. The fourth-order valence-corrected chi connectivity index (χ4v) is 4.28. The van der Waals surface area contributed by atoms with Crippen LogP contribution in [0.4, 0.5) is 24.5 Å². The molecule has 36 heavy (non-hydrogen) atoms. The summed E-state index contributed by atoms with van der Waals surface area (Å²) in [5.41, 5.74) is -0.722. The largest absolute Gasteiger partial charge is 0.416 e. The van der Waals surface area contributed by atoms with Crippen molar-refractivity contribution in [2.75, 3.05) is 22.4 Å². The zero-order valence-electron chi connectivity index (χ0n) is 18.7. The number of para-hydroxylation sites is 1. The molecule has 0 aliphatic carbocycles. The summed E-state index contributed by atoms with van der Waals surface area (Å²) >= 11 is 5.98. The quantitative estimate of drug-likeness (QED) is 0.447. The second-order valence-corrected chi connectivity index (χ2v) is 9.89. The van der Waals surface area contributed by atoms with Crippen LogP contribution in [0.2, 0.25) is 5.02 Å². The van der Waals surface area contributed by atoms with Crippen LogP contribution in [0.15, 0.2) is 67.0 Å². The average Bonchev–Trinajstić information content (AvgIpc) is 2.81. The number of nitrogens with zero attached hydrogens (tertiary/aromatic N) is 2. The third kappa shape index (κ3) is 6.95. The average molecular weight is 541 g/mol. The first-order valence-corrected chi connectivity index (χ1v) is 12.5. The Bertz CT molecular complexity index is 1370. The summed E-state index contributed by atoms with van der Waals surface area (Å²) in [4.78, 5) is 29.4. The van der Waals surface area contributed by atoms with Gasteiger partial charge in [0, 0.05) is 18.9 Å². The number of amides is 2. The fourth-order valence-electron chi connectivity index (χ4n) is 3.15. The summed E-state index contributed by atoms with van der Waals surface area (Å²) in [5.74, 6) is -1.42. The lowest BCUT2D eigenvalue weighted by Crippen LogP contribution is -2.38. The highest BCUT2D eigenvalue weighted by molar-refractivity contribution is 7.92. The SMILES string of the molecule is CS(=O)(=O)N(CC(=O)Nc1ccccc1C(=O)NCc1cccnc1)c1cc(C(F)(F)F)ccc1Cl. The molecule has 3 aromatic rings. The molecule has 8 nitrogen and oxygen atoms in total. The van der Waals surface area contributed by atoms with Gasteiger partial charge in [0.1, 0.15) is 6.54 Å². The summed E-state index contributed by atoms with van der Waals surface area (Å²) in [6.07, 6.45) is -0.862. The van der Waals surface area contributed by atoms with Gasteiger partial charge in [0.05, 0.1) is 33.8 Å². The van der Waals surface area contributed by atoms with Crippen LogP contribution in [-0.2, 0) is 27.5 Å². The fraction of sp³-hybridized carbons (Fsp3) is 0.174. The van der Waals surface area contributed by atoms with Gasteiger partial charge < -0.3 is 10.6 Å². The van der Waals surface area contributed by atoms with E-state index in [1.807, 2.05) is 0 Å². The maximum absolute atomic E-state index is 13.2. The van der Waals surface area contributed by atoms with E-state index in [9.17, 15) is 31.2 Å².